The molecule has 0 amide bonds. The van der Waals surface area contributed by atoms with Gasteiger partial charge in [-0.3, -0.25) is 0 Å². The van der Waals surface area contributed by atoms with Gasteiger partial charge >= 0.3 is 99.7 Å². The molecule has 1 heteroatoms. The van der Waals surface area contributed by atoms with Crippen molar-refractivity contribution in [3.05, 3.63) is 0 Å². The molecule has 15 heavy (non-hydrogen) atoms. The van der Waals surface area contributed by atoms with E-state index in [-0.39, 0.29) is 0 Å². The van der Waals surface area contributed by atoms with Gasteiger partial charge in [0.25, 0.3) is 0 Å². The second-order valence-electron chi connectivity index (χ2n) is 7.33. The van der Waals surface area contributed by atoms with Gasteiger partial charge in [-0.25, -0.2) is 0 Å². The van der Waals surface area contributed by atoms with Crippen LogP contribution in [-0.2, 0) is 16.6 Å². The molecule has 0 N–H and O–H groups in total. The third-order valence-corrected chi connectivity index (χ3v) is 14.9. The standard InChI is InChI=1S/2C7H14.Ti/c2*1-5-6-7(2,3)4;/h2*2-3,5-6H2,1,4H3;. The molecule has 2 saturated heterocycles. The van der Waals surface area contributed by atoms with E-state index in [1.54, 1.807) is 18.9 Å². The molecule has 0 aromatic rings. The summed E-state index contributed by atoms with van der Waals surface area (Å²) in [6.45, 7) is 9.82. The maximum atomic E-state index is 2.56. The van der Waals surface area contributed by atoms with Crippen LogP contribution in [0, 0.1) is 10.8 Å². The molecule has 0 unspecified atom stereocenters. The van der Waals surface area contributed by atoms with E-state index in [0.29, 0.717) is 0 Å². The molecule has 2 aliphatic rings. The molecular formula is C14H28Ti. The quantitative estimate of drug-likeness (QED) is 0.576. The molecule has 2 aliphatic heterocycles. The molecule has 0 saturated carbocycles. The van der Waals surface area contributed by atoms with Crippen LogP contribution in [0.5, 0.6) is 0 Å². The van der Waals surface area contributed by atoms with Crippen LogP contribution in [-0.4, -0.2) is 0 Å². The number of hydrogen-bond donors (Lipinski definition) is 0. The molecule has 2 rings (SSSR count). The van der Waals surface area contributed by atoms with Crippen molar-refractivity contribution < 1.29 is 16.6 Å². The SMILES string of the molecule is CCCC1(C)[CH2][Ti]2([CH2]1)[CH2]C(C)(CCC)[CH2]2. The molecule has 0 bridgehead atoms. The fourth-order valence-electron chi connectivity index (χ4n) is 5.33. The molecule has 1 spiro atoms. The van der Waals surface area contributed by atoms with Gasteiger partial charge in [0, 0.05) is 0 Å². The summed E-state index contributed by atoms with van der Waals surface area (Å²) < 4.78 is 6.89. The van der Waals surface area contributed by atoms with Crippen LogP contribution in [0.15, 0.2) is 0 Å². The van der Waals surface area contributed by atoms with E-state index in [2.05, 4.69) is 27.7 Å². The predicted molar refractivity (Wildman–Crippen MR) is 65.3 cm³/mol. The van der Waals surface area contributed by atoms with Gasteiger partial charge in [-0.15, -0.1) is 0 Å². The van der Waals surface area contributed by atoms with Crippen LogP contribution in [0.25, 0.3) is 0 Å². The van der Waals surface area contributed by atoms with Crippen molar-refractivity contribution >= 4 is 0 Å². The van der Waals surface area contributed by atoms with E-state index in [1.165, 1.54) is 25.7 Å². The first-order valence-electron chi connectivity index (χ1n) is 6.95. The van der Waals surface area contributed by atoms with E-state index in [9.17, 15) is 0 Å². The van der Waals surface area contributed by atoms with Gasteiger partial charge in [0.15, 0.2) is 0 Å². The van der Waals surface area contributed by atoms with E-state index in [1.807, 2.05) is 0 Å². The fraction of sp³-hybridized carbons (Fsp3) is 1.00. The molecule has 0 aromatic carbocycles. The number of hydrogen-bond acceptors (Lipinski definition) is 0. The van der Waals surface area contributed by atoms with Gasteiger partial charge < -0.3 is 0 Å². The van der Waals surface area contributed by atoms with Crippen molar-refractivity contribution in [2.75, 3.05) is 0 Å². The molecule has 0 aliphatic carbocycles. The van der Waals surface area contributed by atoms with Crippen LogP contribution in [0.1, 0.15) is 53.4 Å². The Balaban J connectivity index is 1.81. The van der Waals surface area contributed by atoms with E-state index in [0.717, 1.165) is 10.8 Å². The van der Waals surface area contributed by atoms with Crippen LogP contribution in [0.4, 0.5) is 0 Å². The predicted octanol–water partition coefficient (Wildman–Crippen LogP) is 5.45. The molecule has 0 atom stereocenters. The summed E-state index contributed by atoms with van der Waals surface area (Å²) in [4.78, 5) is 0. The maximum absolute atomic E-state index is 2.56. The first kappa shape index (κ1) is 12.2. The first-order valence-corrected chi connectivity index (χ1v) is 11.4. The summed E-state index contributed by atoms with van der Waals surface area (Å²) in [5, 5.41) is 0. The first-order chi connectivity index (χ1) is 6.95. The van der Waals surface area contributed by atoms with Crippen LogP contribution in [0.3, 0.4) is 0 Å². The van der Waals surface area contributed by atoms with Crippen molar-refractivity contribution in [3.63, 3.8) is 0 Å². The van der Waals surface area contributed by atoms with Gasteiger partial charge in [0.1, 0.15) is 0 Å². The van der Waals surface area contributed by atoms with Crippen molar-refractivity contribution in [3.8, 4) is 0 Å². The topological polar surface area (TPSA) is 0 Å². The van der Waals surface area contributed by atoms with Crippen molar-refractivity contribution in [1.82, 2.24) is 0 Å². The Morgan fingerprint density at radius 2 is 1.13 bits per heavy atom. The van der Waals surface area contributed by atoms with Crippen LogP contribution >= 0.6 is 0 Å². The van der Waals surface area contributed by atoms with Crippen molar-refractivity contribution in [1.29, 1.82) is 0 Å². The average Bonchev–Trinajstić information content (AvgIpc) is 1.99. The Kier molecular flexibility index (Phi) is 3.15. The minimum absolute atomic E-state index is 0.808. The Hall–Kier alpha value is 0.714. The second kappa shape index (κ2) is 3.88. The molecule has 2 heterocycles. The monoisotopic (exact) mass is 244 g/mol. The molecular weight excluding hydrogens is 216 g/mol. The summed E-state index contributed by atoms with van der Waals surface area (Å²) in [6.07, 6.45) is 5.82. The third kappa shape index (κ3) is 2.22. The zero-order chi connectivity index (χ0) is 11.2. The molecule has 0 aromatic heterocycles. The van der Waals surface area contributed by atoms with Crippen LogP contribution in [0.2, 0.25) is 18.9 Å². The molecule has 88 valence electrons. The van der Waals surface area contributed by atoms with Crippen LogP contribution < -0.4 is 0 Å². The van der Waals surface area contributed by atoms with Gasteiger partial charge in [-0.2, -0.15) is 0 Å². The molecule has 2 fully saturated rings. The Morgan fingerprint density at radius 3 is 1.40 bits per heavy atom. The van der Waals surface area contributed by atoms with E-state index < -0.39 is 16.6 Å². The summed E-state index contributed by atoms with van der Waals surface area (Å²) in [5.41, 5.74) is 1.62. The summed E-state index contributed by atoms with van der Waals surface area (Å²) in [5.74, 6) is 0. The summed E-state index contributed by atoms with van der Waals surface area (Å²) in [7, 11) is 0. The normalized spacial score (nSPS) is 48.8. The Bertz CT molecular complexity index is 202. The van der Waals surface area contributed by atoms with E-state index >= 15 is 0 Å². The summed E-state index contributed by atoms with van der Waals surface area (Å²) in [6, 6.07) is 0. The average molecular weight is 244 g/mol. The van der Waals surface area contributed by atoms with Gasteiger partial charge in [-0.05, 0) is 0 Å². The minimum atomic E-state index is -1.14. The molecule has 0 nitrogen and oxygen atoms in total. The second-order valence-corrected chi connectivity index (χ2v) is 14.2. The van der Waals surface area contributed by atoms with Crippen molar-refractivity contribution in [2.45, 2.75) is 72.3 Å². The van der Waals surface area contributed by atoms with Gasteiger partial charge in [-0.1, -0.05) is 0 Å². The van der Waals surface area contributed by atoms with Crippen molar-refractivity contribution in [2.24, 2.45) is 10.8 Å². The summed E-state index contributed by atoms with van der Waals surface area (Å²) >= 11 is -1.14. The van der Waals surface area contributed by atoms with Gasteiger partial charge in [0.2, 0.25) is 0 Å². The molecule has 0 radical (unpaired) electrons. The Morgan fingerprint density at radius 1 is 0.800 bits per heavy atom. The fourth-order valence-corrected chi connectivity index (χ4v) is 18.2. The number of rotatable bonds is 4. The third-order valence-electron chi connectivity index (χ3n) is 4.91. The zero-order valence-electron chi connectivity index (χ0n) is 11.2. The zero-order valence-corrected chi connectivity index (χ0v) is 12.7. The van der Waals surface area contributed by atoms with E-state index in [4.69, 9.17) is 0 Å². The van der Waals surface area contributed by atoms with Gasteiger partial charge in [0.05, 0.1) is 0 Å². The Labute approximate surface area is 99.6 Å².